The molecule has 1 amide bonds. The lowest BCUT2D eigenvalue weighted by Crippen LogP contribution is -2.44. The van der Waals surface area contributed by atoms with E-state index in [1.54, 1.807) is 17.1 Å². The van der Waals surface area contributed by atoms with Crippen LogP contribution in [0, 0.1) is 11.8 Å². The maximum absolute atomic E-state index is 12.3. The Kier molecular flexibility index (Phi) is 5.62. The molecule has 0 aromatic carbocycles. The number of carbonyl (C=O) groups excluding carboxylic acids is 1. The van der Waals surface area contributed by atoms with Gasteiger partial charge < -0.3 is 10.0 Å². The number of likely N-dealkylation sites (tertiary alicyclic amines) is 1. The molecular weight excluding hydrogens is 230 g/mol. The number of hydrogen-bond acceptors (Lipinski definition) is 2. The molecule has 1 heterocycles. The van der Waals surface area contributed by atoms with Crippen molar-refractivity contribution in [1.82, 2.24) is 4.90 Å². The highest BCUT2D eigenvalue weighted by atomic mass is 16.4. The van der Waals surface area contributed by atoms with E-state index in [4.69, 9.17) is 5.11 Å². The zero-order valence-corrected chi connectivity index (χ0v) is 10.7. The van der Waals surface area contributed by atoms with E-state index in [-0.39, 0.29) is 11.8 Å². The molecule has 0 bridgehead atoms. The lowest BCUT2D eigenvalue weighted by Gasteiger charge is -2.33. The maximum Gasteiger partial charge on any atom is 0.308 e. The van der Waals surface area contributed by atoms with Gasteiger partial charge in [0.25, 0.3) is 0 Å². The Bertz CT molecular complexity index is 328. The summed E-state index contributed by atoms with van der Waals surface area (Å²) in [6.45, 7) is 8.30. The first-order valence-electron chi connectivity index (χ1n) is 6.33. The number of rotatable bonds is 6. The monoisotopic (exact) mass is 251 g/mol. The quantitative estimate of drug-likeness (QED) is 0.735. The fourth-order valence-electron chi connectivity index (χ4n) is 2.34. The highest BCUT2D eigenvalue weighted by Gasteiger charge is 2.30. The van der Waals surface area contributed by atoms with Crippen LogP contribution in [0.2, 0.25) is 0 Å². The largest absolute Gasteiger partial charge is 0.481 e. The van der Waals surface area contributed by atoms with Gasteiger partial charge in [0.2, 0.25) is 5.91 Å². The van der Waals surface area contributed by atoms with Crippen molar-refractivity contribution >= 4 is 11.9 Å². The topological polar surface area (TPSA) is 57.6 Å². The Morgan fingerprint density at radius 2 is 1.94 bits per heavy atom. The summed E-state index contributed by atoms with van der Waals surface area (Å²) in [5.41, 5.74) is 0. The number of allylic oxidation sites excluding steroid dienone is 2. The second kappa shape index (κ2) is 6.99. The minimum atomic E-state index is -0.809. The number of piperidine rings is 1. The SMILES string of the molecule is C=CCC(CC=C)C(=O)N1CCCC(C(=O)O)C1. The van der Waals surface area contributed by atoms with Gasteiger partial charge in [-0.25, -0.2) is 0 Å². The van der Waals surface area contributed by atoms with Crippen LogP contribution in [-0.2, 0) is 9.59 Å². The number of carboxylic acid groups (broad SMARTS) is 1. The molecule has 1 unspecified atom stereocenters. The van der Waals surface area contributed by atoms with E-state index in [0.717, 1.165) is 6.42 Å². The first-order valence-corrected chi connectivity index (χ1v) is 6.33. The van der Waals surface area contributed by atoms with Crippen molar-refractivity contribution < 1.29 is 14.7 Å². The van der Waals surface area contributed by atoms with E-state index >= 15 is 0 Å². The van der Waals surface area contributed by atoms with Gasteiger partial charge in [-0.3, -0.25) is 9.59 Å². The molecule has 1 saturated heterocycles. The third-order valence-electron chi connectivity index (χ3n) is 3.33. The van der Waals surface area contributed by atoms with Crippen LogP contribution in [0.15, 0.2) is 25.3 Å². The molecule has 1 fully saturated rings. The minimum Gasteiger partial charge on any atom is -0.481 e. The smallest absolute Gasteiger partial charge is 0.308 e. The normalized spacial score (nSPS) is 19.6. The third kappa shape index (κ3) is 3.72. The molecule has 1 aliphatic rings. The van der Waals surface area contributed by atoms with E-state index in [1.165, 1.54) is 0 Å². The van der Waals surface area contributed by atoms with Crippen molar-refractivity contribution in [2.45, 2.75) is 25.7 Å². The molecule has 1 N–H and O–H groups in total. The summed E-state index contributed by atoms with van der Waals surface area (Å²) < 4.78 is 0. The van der Waals surface area contributed by atoms with E-state index in [9.17, 15) is 9.59 Å². The Morgan fingerprint density at radius 1 is 1.33 bits per heavy atom. The van der Waals surface area contributed by atoms with Crippen molar-refractivity contribution in [3.63, 3.8) is 0 Å². The van der Waals surface area contributed by atoms with Crippen LogP contribution in [0.1, 0.15) is 25.7 Å². The first-order chi connectivity index (χ1) is 8.60. The molecule has 1 aliphatic heterocycles. The van der Waals surface area contributed by atoms with Crippen molar-refractivity contribution in [3.8, 4) is 0 Å². The average Bonchev–Trinajstić information content (AvgIpc) is 2.38. The van der Waals surface area contributed by atoms with Crippen molar-refractivity contribution in [1.29, 1.82) is 0 Å². The van der Waals surface area contributed by atoms with Crippen molar-refractivity contribution in [2.75, 3.05) is 13.1 Å². The molecule has 0 radical (unpaired) electrons. The highest BCUT2D eigenvalue weighted by molar-refractivity contribution is 5.80. The van der Waals surface area contributed by atoms with Crippen molar-refractivity contribution in [2.24, 2.45) is 11.8 Å². The lowest BCUT2D eigenvalue weighted by molar-refractivity contribution is -0.146. The van der Waals surface area contributed by atoms with Crippen LogP contribution in [0.3, 0.4) is 0 Å². The fraction of sp³-hybridized carbons (Fsp3) is 0.571. The molecule has 0 aromatic rings. The number of amides is 1. The zero-order chi connectivity index (χ0) is 13.5. The number of hydrogen-bond donors (Lipinski definition) is 1. The Labute approximate surface area is 108 Å². The molecule has 0 aromatic heterocycles. The summed E-state index contributed by atoms with van der Waals surface area (Å²) in [5, 5.41) is 9.01. The molecular formula is C14H21NO3. The second-order valence-corrected chi connectivity index (χ2v) is 4.71. The average molecular weight is 251 g/mol. The maximum atomic E-state index is 12.3. The minimum absolute atomic E-state index is 0.0285. The zero-order valence-electron chi connectivity index (χ0n) is 10.7. The molecule has 4 nitrogen and oxygen atoms in total. The van der Waals surface area contributed by atoms with Gasteiger partial charge >= 0.3 is 5.97 Å². The highest BCUT2D eigenvalue weighted by Crippen LogP contribution is 2.21. The van der Waals surface area contributed by atoms with E-state index in [0.29, 0.717) is 32.4 Å². The van der Waals surface area contributed by atoms with Crippen LogP contribution in [-0.4, -0.2) is 35.0 Å². The van der Waals surface area contributed by atoms with Crippen LogP contribution in [0.25, 0.3) is 0 Å². The van der Waals surface area contributed by atoms with Crippen LogP contribution >= 0.6 is 0 Å². The summed E-state index contributed by atoms with van der Waals surface area (Å²) in [6.07, 6.45) is 6.10. The summed E-state index contributed by atoms with van der Waals surface area (Å²) in [4.78, 5) is 24.9. The van der Waals surface area contributed by atoms with Gasteiger partial charge in [-0.2, -0.15) is 0 Å². The second-order valence-electron chi connectivity index (χ2n) is 4.71. The number of carbonyl (C=O) groups is 2. The molecule has 0 aliphatic carbocycles. The Hall–Kier alpha value is -1.58. The lowest BCUT2D eigenvalue weighted by atomic mass is 9.94. The van der Waals surface area contributed by atoms with Gasteiger partial charge in [-0.15, -0.1) is 13.2 Å². The molecule has 0 spiro atoms. The van der Waals surface area contributed by atoms with Gasteiger partial charge in [-0.1, -0.05) is 12.2 Å². The summed E-state index contributed by atoms with van der Waals surface area (Å²) in [6, 6.07) is 0. The van der Waals surface area contributed by atoms with Crippen LogP contribution < -0.4 is 0 Å². The van der Waals surface area contributed by atoms with E-state index < -0.39 is 11.9 Å². The predicted octanol–water partition coefficient (Wildman–Crippen LogP) is 2.08. The number of carboxylic acids is 1. The van der Waals surface area contributed by atoms with Gasteiger partial charge in [0, 0.05) is 19.0 Å². The standard InChI is InChI=1S/C14H21NO3/c1-3-6-11(7-4-2)13(16)15-9-5-8-12(10-15)14(17)18/h3-4,11-12H,1-2,5-10H2,(H,17,18). The molecule has 100 valence electrons. The Balaban J connectivity index is 2.65. The molecule has 1 rings (SSSR count). The first kappa shape index (κ1) is 14.5. The van der Waals surface area contributed by atoms with Gasteiger partial charge in [0.05, 0.1) is 5.92 Å². The molecule has 1 atom stereocenters. The number of nitrogens with zero attached hydrogens (tertiary/aromatic N) is 1. The molecule has 18 heavy (non-hydrogen) atoms. The summed E-state index contributed by atoms with van der Waals surface area (Å²) in [5.74, 6) is -1.35. The van der Waals surface area contributed by atoms with E-state index in [2.05, 4.69) is 13.2 Å². The van der Waals surface area contributed by atoms with Gasteiger partial charge in [0.1, 0.15) is 0 Å². The molecule has 4 heteroatoms. The number of aliphatic carboxylic acids is 1. The van der Waals surface area contributed by atoms with Gasteiger partial charge in [-0.05, 0) is 25.7 Å². The summed E-state index contributed by atoms with van der Waals surface area (Å²) in [7, 11) is 0. The Morgan fingerprint density at radius 3 is 2.44 bits per heavy atom. The van der Waals surface area contributed by atoms with Crippen LogP contribution in [0.4, 0.5) is 0 Å². The fourth-order valence-corrected chi connectivity index (χ4v) is 2.34. The van der Waals surface area contributed by atoms with E-state index in [1.807, 2.05) is 0 Å². The van der Waals surface area contributed by atoms with Crippen molar-refractivity contribution in [3.05, 3.63) is 25.3 Å². The predicted molar refractivity (Wildman–Crippen MR) is 70.1 cm³/mol. The molecule has 0 saturated carbocycles. The van der Waals surface area contributed by atoms with Gasteiger partial charge in [0.15, 0.2) is 0 Å². The third-order valence-corrected chi connectivity index (χ3v) is 3.33. The van der Waals surface area contributed by atoms with Crippen LogP contribution in [0.5, 0.6) is 0 Å². The summed E-state index contributed by atoms with van der Waals surface area (Å²) >= 11 is 0.